The Morgan fingerprint density at radius 1 is 0.814 bits per heavy atom. The number of anilines is 1. The number of benzene rings is 3. The zero-order valence-corrected chi connectivity index (χ0v) is 26.3. The highest BCUT2D eigenvalue weighted by Crippen LogP contribution is 2.40. The summed E-state index contributed by atoms with van der Waals surface area (Å²) >= 11 is 0. The fourth-order valence-electron chi connectivity index (χ4n) is 5.66. The van der Waals surface area contributed by atoms with Crippen LogP contribution in [0, 0.1) is 0 Å². The number of carbonyl (C=O) groups excluding carboxylic acids is 1. The largest absolute Gasteiger partial charge is 0.489 e. The molecule has 0 aliphatic carbocycles. The number of ether oxygens (including phenoxy) is 2. The summed E-state index contributed by atoms with van der Waals surface area (Å²) in [7, 11) is 0. The standard InChI is InChI=1S/C37H47NO5/c1-5-6-7-8-9-12-35(39)43-24-23-42-34-20-18-29(27-13-15-28(16-14-27)36(40)41)25-31(34)30-17-19-33(38-21-10-11-22-38)32(26-30)37(2,3)4/h13-20,25-26H,5-12,21-24H2,1-4H3,(H,40,41). The fourth-order valence-corrected chi connectivity index (χ4v) is 5.66. The van der Waals surface area contributed by atoms with E-state index in [2.05, 4.69) is 56.9 Å². The molecule has 0 atom stereocenters. The molecule has 0 saturated carbocycles. The van der Waals surface area contributed by atoms with Crippen molar-refractivity contribution in [3.05, 3.63) is 71.8 Å². The summed E-state index contributed by atoms with van der Waals surface area (Å²) in [5.41, 5.74) is 6.68. The van der Waals surface area contributed by atoms with Crippen molar-refractivity contribution in [1.82, 2.24) is 0 Å². The molecule has 1 aliphatic rings. The maximum absolute atomic E-state index is 12.2. The average Bonchev–Trinajstić information content (AvgIpc) is 3.54. The van der Waals surface area contributed by atoms with E-state index in [4.69, 9.17) is 9.47 Å². The van der Waals surface area contributed by atoms with E-state index in [1.165, 1.54) is 36.9 Å². The minimum absolute atomic E-state index is 0.0516. The molecule has 1 aliphatic heterocycles. The van der Waals surface area contributed by atoms with E-state index in [-0.39, 0.29) is 30.2 Å². The predicted molar refractivity (Wildman–Crippen MR) is 174 cm³/mol. The number of hydrogen-bond acceptors (Lipinski definition) is 5. The lowest BCUT2D eigenvalue weighted by Gasteiger charge is -2.29. The molecule has 1 N–H and O–H groups in total. The minimum atomic E-state index is -0.944. The fraction of sp³-hybridized carbons (Fsp3) is 0.459. The zero-order valence-electron chi connectivity index (χ0n) is 26.3. The van der Waals surface area contributed by atoms with Gasteiger partial charge in [-0.15, -0.1) is 0 Å². The highest BCUT2D eigenvalue weighted by atomic mass is 16.6. The van der Waals surface area contributed by atoms with Gasteiger partial charge in [-0.05, 0) is 83.3 Å². The summed E-state index contributed by atoms with van der Waals surface area (Å²) in [6, 6.07) is 19.7. The van der Waals surface area contributed by atoms with E-state index in [0.29, 0.717) is 6.42 Å². The molecule has 0 aromatic heterocycles. The first kappa shape index (κ1) is 32.1. The first-order valence-corrected chi connectivity index (χ1v) is 15.8. The van der Waals surface area contributed by atoms with Crippen molar-refractivity contribution in [1.29, 1.82) is 0 Å². The van der Waals surface area contributed by atoms with Crippen LogP contribution in [0.2, 0.25) is 0 Å². The quantitative estimate of drug-likeness (QED) is 0.150. The number of carbonyl (C=O) groups is 2. The SMILES string of the molecule is CCCCCCCC(=O)OCCOc1ccc(-c2ccc(C(=O)O)cc2)cc1-c1ccc(N2CCCC2)c(C(C)(C)C)c1. The van der Waals surface area contributed by atoms with Crippen LogP contribution in [0.3, 0.4) is 0 Å². The van der Waals surface area contributed by atoms with Crippen LogP contribution in [0.15, 0.2) is 60.7 Å². The van der Waals surface area contributed by atoms with Crippen LogP contribution in [-0.4, -0.2) is 43.3 Å². The Labute approximate surface area is 257 Å². The van der Waals surface area contributed by atoms with Crippen LogP contribution in [-0.2, 0) is 14.9 Å². The lowest BCUT2D eigenvalue weighted by Crippen LogP contribution is -2.23. The van der Waals surface area contributed by atoms with Gasteiger partial charge in [0.25, 0.3) is 0 Å². The summed E-state index contributed by atoms with van der Waals surface area (Å²) in [5.74, 6) is -0.399. The third kappa shape index (κ3) is 8.85. The van der Waals surface area contributed by atoms with Crippen molar-refractivity contribution < 1.29 is 24.2 Å². The molecule has 0 radical (unpaired) electrons. The summed E-state index contributed by atoms with van der Waals surface area (Å²) in [6.07, 6.45) is 8.35. The molecule has 3 aromatic carbocycles. The number of esters is 1. The van der Waals surface area contributed by atoms with E-state index in [9.17, 15) is 14.7 Å². The topological polar surface area (TPSA) is 76.1 Å². The third-order valence-corrected chi connectivity index (χ3v) is 8.10. The van der Waals surface area contributed by atoms with E-state index in [0.717, 1.165) is 60.4 Å². The number of nitrogens with zero attached hydrogens (tertiary/aromatic N) is 1. The Morgan fingerprint density at radius 2 is 1.49 bits per heavy atom. The number of carboxylic acids is 1. The van der Waals surface area contributed by atoms with Gasteiger partial charge in [0.1, 0.15) is 19.0 Å². The molecule has 4 rings (SSSR count). The monoisotopic (exact) mass is 585 g/mol. The summed E-state index contributed by atoms with van der Waals surface area (Å²) in [6.45, 7) is 11.6. The summed E-state index contributed by atoms with van der Waals surface area (Å²) < 4.78 is 11.7. The van der Waals surface area contributed by atoms with Gasteiger partial charge in [-0.25, -0.2) is 4.79 Å². The molecule has 1 saturated heterocycles. The van der Waals surface area contributed by atoms with Gasteiger partial charge in [-0.1, -0.05) is 77.6 Å². The number of rotatable bonds is 14. The van der Waals surface area contributed by atoms with E-state index in [1.807, 2.05) is 24.3 Å². The highest BCUT2D eigenvalue weighted by Gasteiger charge is 2.24. The molecule has 0 bridgehead atoms. The number of hydrogen-bond donors (Lipinski definition) is 1. The normalized spacial score (nSPS) is 13.3. The Hall–Kier alpha value is -3.80. The second kappa shape index (κ2) is 15.1. The van der Waals surface area contributed by atoms with Crippen molar-refractivity contribution >= 4 is 17.6 Å². The highest BCUT2D eigenvalue weighted by molar-refractivity contribution is 5.88. The molecule has 6 nitrogen and oxygen atoms in total. The molecule has 1 heterocycles. The smallest absolute Gasteiger partial charge is 0.335 e. The van der Waals surface area contributed by atoms with Crippen LogP contribution < -0.4 is 9.64 Å². The maximum Gasteiger partial charge on any atom is 0.335 e. The summed E-state index contributed by atoms with van der Waals surface area (Å²) in [5, 5.41) is 9.33. The van der Waals surface area contributed by atoms with Crippen molar-refractivity contribution in [2.24, 2.45) is 0 Å². The van der Waals surface area contributed by atoms with Crippen LogP contribution >= 0.6 is 0 Å². The van der Waals surface area contributed by atoms with Crippen molar-refractivity contribution in [3.8, 4) is 28.0 Å². The maximum atomic E-state index is 12.2. The molecule has 0 unspecified atom stereocenters. The van der Waals surface area contributed by atoms with Gasteiger partial charge in [-0.2, -0.15) is 0 Å². The molecule has 1 fully saturated rings. The first-order valence-electron chi connectivity index (χ1n) is 15.8. The van der Waals surface area contributed by atoms with Gasteiger partial charge in [0, 0.05) is 30.8 Å². The Kier molecular flexibility index (Phi) is 11.3. The lowest BCUT2D eigenvalue weighted by molar-refractivity contribution is -0.144. The Balaban J connectivity index is 1.58. The lowest BCUT2D eigenvalue weighted by atomic mass is 9.83. The second-order valence-electron chi connectivity index (χ2n) is 12.5. The van der Waals surface area contributed by atoms with Gasteiger partial charge in [0.15, 0.2) is 0 Å². The average molecular weight is 586 g/mol. The molecule has 6 heteroatoms. The number of carboxylic acid groups (broad SMARTS) is 1. The first-order chi connectivity index (χ1) is 20.7. The van der Waals surface area contributed by atoms with Crippen molar-refractivity contribution in [2.75, 3.05) is 31.2 Å². The molecular formula is C37H47NO5. The van der Waals surface area contributed by atoms with Crippen LogP contribution in [0.4, 0.5) is 5.69 Å². The van der Waals surface area contributed by atoms with Gasteiger partial charge >= 0.3 is 11.9 Å². The third-order valence-electron chi connectivity index (χ3n) is 8.10. The van der Waals surface area contributed by atoms with E-state index >= 15 is 0 Å². The minimum Gasteiger partial charge on any atom is -0.489 e. The van der Waals surface area contributed by atoms with Gasteiger partial charge in [-0.3, -0.25) is 4.79 Å². The van der Waals surface area contributed by atoms with E-state index < -0.39 is 5.97 Å². The van der Waals surface area contributed by atoms with Gasteiger partial charge < -0.3 is 19.5 Å². The predicted octanol–water partition coefficient (Wildman–Crippen LogP) is 8.90. The Bertz CT molecular complexity index is 1370. The van der Waals surface area contributed by atoms with E-state index in [1.54, 1.807) is 12.1 Å². The van der Waals surface area contributed by atoms with Crippen LogP contribution in [0.1, 0.15) is 95.0 Å². The Morgan fingerprint density at radius 3 is 2.16 bits per heavy atom. The zero-order chi connectivity index (χ0) is 30.8. The van der Waals surface area contributed by atoms with Gasteiger partial charge in [0.05, 0.1) is 5.56 Å². The van der Waals surface area contributed by atoms with Crippen molar-refractivity contribution in [3.63, 3.8) is 0 Å². The summed E-state index contributed by atoms with van der Waals surface area (Å²) in [4.78, 5) is 26.1. The second-order valence-corrected chi connectivity index (χ2v) is 12.5. The number of aromatic carboxylic acids is 1. The van der Waals surface area contributed by atoms with Crippen LogP contribution in [0.5, 0.6) is 5.75 Å². The molecular weight excluding hydrogens is 538 g/mol. The molecule has 230 valence electrons. The molecule has 3 aromatic rings. The van der Waals surface area contributed by atoms with Crippen LogP contribution in [0.25, 0.3) is 22.3 Å². The number of unbranched alkanes of at least 4 members (excludes halogenated alkanes) is 4. The molecule has 43 heavy (non-hydrogen) atoms. The van der Waals surface area contributed by atoms with Gasteiger partial charge in [0.2, 0.25) is 0 Å². The molecule has 0 amide bonds. The van der Waals surface area contributed by atoms with Crippen molar-refractivity contribution in [2.45, 2.75) is 84.5 Å². The molecule has 0 spiro atoms.